The number of anilines is 1. The summed E-state index contributed by atoms with van der Waals surface area (Å²) in [6.07, 6.45) is -0.766. The number of para-hydroxylation sites is 1. The Morgan fingerprint density at radius 2 is 1.74 bits per heavy atom. The summed E-state index contributed by atoms with van der Waals surface area (Å²) in [6.45, 7) is 5.17. The molecule has 1 aliphatic rings. The van der Waals surface area contributed by atoms with Crippen LogP contribution >= 0.6 is 0 Å². The molecule has 0 spiro atoms. The lowest BCUT2D eigenvalue weighted by atomic mass is 9.88. The summed E-state index contributed by atoms with van der Waals surface area (Å²) in [6, 6.07) is 13.8. The molecule has 2 amide bonds. The number of aliphatic hydroxyl groups is 1. The van der Waals surface area contributed by atoms with Crippen LogP contribution in [-0.2, 0) is 21.6 Å². The zero-order chi connectivity index (χ0) is 19.8. The molecule has 27 heavy (non-hydrogen) atoms. The maximum absolute atomic E-state index is 13.1. The Morgan fingerprint density at radius 3 is 2.33 bits per heavy atom. The summed E-state index contributed by atoms with van der Waals surface area (Å²) in [5, 5.41) is 11.3. The highest BCUT2D eigenvalue weighted by Gasteiger charge is 2.52. The van der Waals surface area contributed by atoms with Gasteiger partial charge in [-0.05, 0) is 44.5 Å². The van der Waals surface area contributed by atoms with Crippen LogP contribution in [0.3, 0.4) is 0 Å². The molecule has 1 heterocycles. The number of nitrogens with zero attached hydrogens (tertiary/aromatic N) is 1. The molecule has 0 fully saturated rings. The number of carbonyl (C=O) groups excluding carboxylic acids is 2. The standard InChI is InChI=1S/C21H23NO5/c1-20(2,3)27-19(24)22-17-8-6-5-7-16(17)21(25,18(22)23)13-14-9-11-15(26-4)12-10-14/h5-12,25H,13H2,1-4H3/t21-/m0/s1. The van der Waals surface area contributed by atoms with Crippen molar-refractivity contribution in [2.24, 2.45) is 0 Å². The minimum absolute atomic E-state index is 0.0339. The molecular weight excluding hydrogens is 346 g/mol. The Balaban J connectivity index is 1.98. The van der Waals surface area contributed by atoms with E-state index < -0.39 is 23.2 Å². The van der Waals surface area contributed by atoms with Crippen LogP contribution in [0.4, 0.5) is 10.5 Å². The molecule has 6 nitrogen and oxygen atoms in total. The molecular formula is C21H23NO5. The number of ether oxygens (including phenoxy) is 2. The van der Waals surface area contributed by atoms with Gasteiger partial charge in [-0.3, -0.25) is 4.79 Å². The number of hydrogen-bond acceptors (Lipinski definition) is 5. The minimum atomic E-state index is -1.85. The van der Waals surface area contributed by atoms with Crippen molar-refractivity contribution in [1.82, 2.24) is 0 Å². The van der Waals surface area contributed by atoms with Crippen LogP contribution in [-0.4, -0.2) is 29.8 Å². The summed E-state index contributed by atoms with van der Waals surface area (Å²) in [4.78, 5) is 26.6. The third kappa shape index (κ3) is 3.53. The first kappa shape index (κ1) is 18.9. The summed E-state index contributed by atoms with van der Waals surface area (Å²) in [5.74, 6) is -0.0342. The van der Waals surface area contributed by atoms with Gasteiger partial charge >= 0.3 is 6.09 Å². The highest BCUT2D eigenvalue weighted by molar-refractivity contribution is 6.20. The molecule has 1 aliphatic heterocycles. The molecule has 2 aromatic rings. The fraction of sp³-hybridized carbons (Fsp3) is 0.333. The SMILES string of the molecule is COc1ccc(C[C@@]2(O)C(=O)N(C(=O)OC(C)(C)C)c3ccccc32)cc1. The molecule has 2 aromatic carbocycles. The quantitative estimate of drug-likeness (QED) is 0.897. The number of fused-ring (bicyclic) bond motifs is 1. The van der Waals surface area contributed by atoms with Crippen LogP contribution in [0.25, 0.3) is 0 Å². The lowest BCUT2D eigenvalue weighted by Crippen LogP contribution is -2.46. The van der Waals surface area contributed by atoms with E-state index in [1.807, 2.05) is 0 Å². The Bertz CT molecular complexity index is 869. The van der Waals surface area contributed by atoms with Crippen molar-refractivity contribution in [1.29, 1.82) is 0 Å². The van der Waals surface area contributed by atoms with Crippen LogP contribution in [0.5, 0.6) is 5.75 Å². The molecule has 0 saturated heterocycles. The van der Waals surface area contributed by atoms with Crippen molar-refractivity contribution in [2.45, 2.75) is 38.4 Å². The third-order valence-electron chi connectivity index (χ3n) is 4.34. The first-order chi connectivity index (χ1) is 12.7. The Morgan fingerprint density at radius 1 is 1.11 bits per heavy atom. The van der Waals surface area contributed by atoms with Gasteiger partial charge in [0.2, 0.25) is 0 Å². The van der Waals surface area contributed by atoms with Gasteiger partial charge < -0.3 is 14.6 Å². The highest BCUT2D eigenvalue weighted by atomic mass is 16.6. The minimum Gasteiger partial charge on any atom is -0.497 e. The third-order valence-corrected chi connectivity index (χ3v) is 4.34. The van der Waals surface area contributed by atoms with E-state index in [2.05, 4.69) is 0 Å². The second-order valence-corrected chi connectivity index (χ2v) is 7.52. The molecule has 0 aliphatic carbocycles. The number of amides is 2. The number of methoxy groups -OCH3 is 1. The monoisotopic (exact) mass is 369 g/mol. The normalized spacial score (nSPS) is 19.0. The van der Waals surface area contributed by atoms with Gasteiger partial charge in [-0.1, -0.05) is 30.3 Å². The van der Waals surface area contributed by atoms with Crippen molar-refractivity contribution in [3.8, 4) is 5.75 Å². The van der Waals surface area contributed by atoms with Gasteiger partial charge in [0.15, 0.2) is 5.60 Å². The van der Waals surface area contributed by atoms with E-state index in [0.29, 0.717) is 17.0 Å². The Kier molecular flexibility index (Phi) is 4.70. The van der Waals surface area contributed by atoms with Crippen LogP contribution in [0.15, 0.2) is 48.5 Å². The second-order valence-electron chi connectivity index (χ2n) is 7.52. The van der Waals surface area contributed by atoms with Gasteiger partial charge in [0, 0.05) is 12.0 Å². The van der Waals surface area contributed by atoms with Gasteiger partial charge in [0.25, 0.3) is 5.91 Å². The first-order valence-electron chi connectivity index (χ1n) is 8.68. The van der Waals surface area contributed by atoms with Gasteiger partial charge in [0.05, 0.1) is 12.8 Å². The smallest absolute Gasteiger partial charge is 0.421 e. The maximum Gasteiger partial charge on any atom is 0.421 e. The second kappa shape index (κ2) is 6.70. The van der Waals surface area contributed by atoms with Crippen molar-refractivity contribution < 1.29 is 24.2 Å². The Hall–Kier alpha value is -2.86. The average molecular weight is 369 g/mol. The van der Waals surface area contributed by atoms with Crippen molar-refractivity contribution in [3.63, 3.8) is 0 Å². The van der Waals surface area contributed by atoms with Crippen LogP contribution in [0.1, 0.15) is 31.9 Å². The zero-order valence-corrected chi connectivity index (χ0v) is 15.9. The molecule has 142 valence electrons. The van der Waals surface area contributed by atoms with E-state index in [-0.39, 0.29) is 6.42 Å². The van der Waals surface area contributed by atoms with Crippen molar-refractivity contribution >= 4 is 17.7 Å². The van der Waals surface area contributed by atoms with E-state index >= 15 is 0 Å². The molecule has 0 radical (unpaired) electrons. The van der Waals surface area contributed by atoms with Gasteiger partial charge in [0.1, 0.15) is 11.4 Å². The van der Waals surface area contributed by atoms with E-state index in [9.17, 15) is 14.7 Å². The predicted octanol–water partition coefficient (Wildman–Crippen LogP) is 3.41. The van der Waals surface area contributed by atoms with Gasteiger partial charge in [-0.25, -0.2) is 9.69 Å². The predicted molar refractivity (Wildman–Crippen MR) is 101 cm³/mol. The summed E-state index contributed by atoms with van der Waals surface area (Å²) < 4.78 is 10.5. The molecule has 0 aromatic heterocycles. The number of rotatable bonds is 3. The largest absolute Gasteiger partial charge is 0.497 e. The number of benzene rings is 2. The summed E-state index contributed by atoms with van der Waals surface area (Å²) in [7, 11) is 1.57. The zero-order valence-electron chi connectivity index (χ0n) is 15.9. The fourth-order valence-electron chi connectivity index (χ4n) is 3.13. The van der Waals surface area contributed by atoms with Crippen LogP contribution < -0.4 is 9.64 Å². The molecule has 0 bridgehead atoms. The Labute approximate surface area is 158 Å². The summed E-state index contributed by atoms with van der Waals surface area (Å²) in [5.41, 5.74) is -1.14. The van der Waals surface area contributed by atoms with Crippen LogP contribution in [0, 0.1) is 0 Å². The highest BCUT2D eigenvalue weighted by Crippen LogP contribution is 2.42. The van der Waals surface area contributed by atoms with Crippen LogP contribution in [0.2, 0.25) is 0 Å². The van der Waals surface area contributed by atoms with E-state index in [4.69, 9.17) is 9.47 Å². The number of carbonyl (C=O) groups is 2. The average Bonchev–Trinajstić information content (AvgIpc) is 2.82. The topological polar surface area (TPSA) is 76.1 Å². The fourth-order valence-corrected chi connectivity index (χ4v) is 3.13. The molecule has 1 atom stereocenters. The molecule has 0 saturated carbocycles. The first-order valence-corrected chi connectivity index (χ1v) is 8.68. The lowest BCUT2D eigenvalue weighted by molar-refractivity contribution is -0.135. The van der Waals surface area contributed by atoms with E-state index in [1.54, 1.807) is 76.4 Å². The number of imide groups is 1. The van der Waals surface area contributed by atoms with Crippen molar-refractivity contribution in [2.75, 3.05) is 12.0 Å². The number of hydrogen-bond donors (Lipinski definition) is 1. The molecule has 6 heteroatoms. The molecule has 3 rings (SSSR count). The summed E-state index contributed by atoms with van der Waals surface area (Å²) >= 11 is 0. The van der Waals surface area contributed by atoms with E-state index in [0.717, 1.165) is 10.5 Å². The lowest BCUT2D eigenvalue weighted by Gasteiger charge is -2.25. The van der Waals surface area contributed by atoms with Gasteiger partial charge in [-0.15, -0.1) is 0 Å². The molecule has 0 unspecified atom stereocenters. The van der Waals surface area contributed by atoms with Gasteiger partial charge in [-0.2, -0.15) is 0 Å². The van der Waals surface area contributed by atoms with Crippen molar-refractivity contribution in [3.05, 3.63) is 59.7 Å². The van der Waals surface area contributed by atoms with E-state index in [1.165, 1.54) is 0 Å². The maximum atomic E-state index is 13.1. The molecule has 1 N–H and O–H groups in total.